The zero-order chi connectivity index (χ0) is 17.9. The van der Waals surface area contributed by atoms with Crippen molar-refractivity contribution in [3.8, 4) is 0 Å². The van der Waals surface area contributed by atoms with Crippen LogP contribution in [0.25, 0.3) is 0 Å². The van der Waals surface area contributed by atoms with E-state index in [1.165, 1.54) is 64.6 Å². The van der Waals surface area contributed by atoms with E-state index >= 15 is 0 Å². The Bertz CT molecular complexity index is 443. The molecule has 4 unspecified atom stereocenters. The third-order valence-corrected chi connectivity index (χ3v) is 6.15. The fourth-order valence-corrected chi connectivity index (χ4v) is 4.85. The maximum absolute atomic E-state index is 12.1. The first-order valence-corrected chi connectivity index (χ1v) is 10.4. The minimum absolute atomic E-state index is 0.286. The number of carbonyl (C=O) groups is 1. The van der Waals surface area contributed by atoms with Crippen LogP contribution in [0.3, 0.4) is 0 Å². The van der Waals surface area contributed by atoms with E-state index in [1.807, 2.05) is 20.8 Å². The summed E-state index contributed by atoms with van der Waals surface area (Å²) in [4.78, 5) is 14.7. The molecular weight excluding hydrogens is 314 g/mol. The minimum Gasteiger partial charge on any atom is -0.444 e. The summed E-state index contributed by atoms with van der Waals surface area (Å²) in [6.45, 7) is 10.2. The van der Waals surface area contributed by atoms with Crippen LogP contribution in [0, 0.1) is 11.8 Å². The number of hydrogen-bond donors (Lipinski definition) is 2. The lowest BCUT2D eigenvalue weighted by Gasteiger charge is -2.38. The summed E-state index contributed by atoms with van der Waals surface area (Å²) in [7, 11) is 0. The highest BCUT2D eigenvalue weighted by Crippen LogP contribution is 2.30. The average molecular weight is 352 g/mol. The fourth-order valence-electron chi connectivity index (χ4n) is 4.85. The highest BCUT2D eigenvalue weighted by atomic mass is 16.6. The Morgan fingerprint density at radius 1 is 1.12 bits per heavy atom. The van der Waals surface area contributed by atoms with E-state index in [-0.39, 0.29) is 6.09 Å². The lowest BCUT2D eigenvalue weighted by atomic mass is 9.82. The van der Waals surface area contributed by atoms with Crippen molar-refractivity contribution in [3.05, 3.63) is 0 Å². The second kappa shape index (κ2) is 8.26. The lowest BCUT2D eigenvalue weighted by Crippen LogP contribution is -2.54. The second-order valence-electron chi connectivity index (χ2n) is 9.30. The van der Waals surface area contributed by atoms with Gasteiger partial charge in [0.2, 0.25) is 0 Å². The molecule has 0 aromatic heterocycles. The van der Waals surface area contributed by atoms with E-state index in [2.05, 4.69) is 15.5 Å². The maximum Gasteiger partial charge on any atom is 0.407 e. The fraction of sp³-hybridized carbons (Fsp3) is 0.950. The van der Waals surface area contributed by atoms with Gasteiger partial charge in [0.15, 0.2) is 0 Å². The Kier molecular flexibility index (Phi) is 6.26. The smallest absolute Gasteiger partial charge is 0.407 e. The number of piperidine rings is 1. The molecule has 3 aliphatic rings. The number of rotatable bonds is 5. The van der Waals surface area contributed by atoms with Crippen LogP contribution >= 0.6 is 0 Å². The number of ether oxygens (including phenoxy) is 1. The third kappa shape index (κ3) is 5.58. The van der Waals surface area contributed by atoms with Gasteiger partial charge in [0, 0.05) is 25.2 Å². The van der Waals surface area contributed by atoms with Crippen molar-refractivity contribution in [1.29, 1.82) is 0 Å². The molecule has 1 saturated carbocycles. The number of amides is 1. The highest BCUT2D eigenvalue weighted by Gasteiger charge is 2.36. The number of alkyl carbamates (subject to hydrolysis) is 1. The molecule has 144 valence electrons. The van der Waals surface area contributed by atoms with Crippen molar-refractivity contribution in [1.82, 2.24) is 15.5 Å². The van der Waals surface area contributed by atoms with E-state index < -0.39 is 5.60 Å². The summed E-state index contributed by atoms with van der Waals surface area (Å²) in [5.41, 5.74) is -0.436. The topological polar surface area (TPSA) is 53.6 Å². The zero-order valence-electron chi connectivity index (χ0n) is 16.4. The summed E-state index contributed by atoms with van der Waals surface area (Å²) < 4.78 is 5.43. The number of hydrogen-bond acceptors (Lipinski definition) is 4. The first-order chi connectivity index (χ1) is 11.9. The molecule has 0 aromatic carbocycles. The first kappa shape index (κ1) is 19.0. The van der Waals surface area contributed by atoms with E-state index in [9.17, 15) is 4.79 Å². The molecule has 0 aromatic rings. The molecule has 1 aliphatic carbocycles. The molecule has 5 nitrogen and oxygen atoms in total. The van der Waals surface area contributed by atoms with Gasteiger partial charge in [-0.1, -0.05) is 19.3 Å². The Morgan fingerprint density at radius 3 is 2.56 bits per heavy atom. The van der Waals surface area contributed by atoms with Gasteiger partial charge in [-0.15, -0.1) is 0 Å². The van der Waals surface area contributed by atoms with Gasteiger partial charge < -0.3 is 20.3 Å². The van der Waals surface area contributed by atoms with Gasteiger partial charge in [-0.25, -0.2) is 4.79 Å². The SMILES string of the molecule is CC(C)(C)OC(=O)NCC(NC1CCN2CCC1C2)C1CCCCC1. The molecule has 0 radical (unpaired) electrons. The molecule has 25 heavy (non-hydrogen) atoms. The van der Waals surface area contributed by atoms with Gasteiger partial charge in [-0.3, -0.25) is 0 Å². The molecule has 3 fully saturated rings. The van der Waals surface area contributed by atoms with Crippen LogP contribution in [-0.2, 0) is 4.74 Å². The largest absolute Gasteiger partial charge is 0.444 e. The number of carbonyl (C=O) groups excluding carboxylic acids is 1. The zero-order valence-corrected chi connectivity index (χ0v) is 16.4. The monoisotopic (exact) mass is 351 g/mol. The predicted octanol–water partition coefficient (Wildman–Crippen LogP) is 3.14. The quantitative estimate of drug-likeness (QED) is 0.799. The van der Waals surface area contributed by atoms with Crippen LogP contribution in [0.4, 0.5) is 4.79 Å². The van der Waals surface area contributed by atoms with Crippen LogP contribution in [0.5, 0.6) is 0 Å². The molecule has 2 N–H and O–H groups in total. The summed E-state index contributed by atoms with van der Waals surface area (Å²) in [5.74, 6) is 1.48. The van der Waals surface area contributed by atoms with E-state index in [1.54, 1.807) is 0 Å². The van der Waals surface area contributed by atoms with Crippen molar-refractivity contribution < 1.29 is 9.53 Å². The van der Waals surface area contributed by atoms with Gasteiger partial charge in [0.05, 0.1) is 0 Å². The van der Waals surface area contributed by atoms with E-state index in [4.69, 9.17) is 4.74 Å². The molecule has 5 heteroatoms. The van der Waals surface area contributed by atoms with Crippen LogP contribution < -0.4 is 10.6 Å². The van der Waals surface area contributed by atoms with Crippen molar-refractivity contribution >= 4 is 6.09 Å². The number of fused-ring (bicyclic) bond motifs is 2. The van der Waals surface area contributed by atoms with Crippen LogP contribution in [0.1, 0.15) is 65.7 Å². The normalized spacial score (nSPS) is 31.6. The van der Waals surface area contributed by atoms with E-state index in [0.29, 0.717) is 24.5 Å². The average Bonchev–Trinajstić information content (AvgIpc) is 2.95. The van der Waals surface area contributed by atoms with Crippen molar-refractivity contribution in [2.45, 2.75) is 83.4 Å². The molecule has 4 atom stereocenters. The van der Waals surface area contributed by atoms with Crippen molar-refractivity contribution in [3.63, 3.8) is 0 Å². The Hall–Kier alpha value is -0.810. The highest BCUT2D eigenvalue weighted by molar-refractivity contribution is 5.67. The van der Waals surface area contributed by atoms with Crippen molar-refractivity contribution in [2.75, 3.05) is 26.2 Å². The van der Waals surface area contributed by atoms with E-state index in [0.717, 1.165) is 5.92 Å². The summed E-state index contributed by atoms with van der Waals surface area (Å²) >= 11 is 0. The molecule has 3 rings (SSSR count). The summed E-state index contributed by atoms with van der Waals surface area (Å²) in [6, 6.07) is 0.996. The Labute approximate surface area is 153 Å². The molecule has 2 aliphatic heterocycles. The molecule has 2 saturated heterocycles. The summed E-state index contributed by atoms with van der Waals surface area (Å²) in [6.07, 6.45) is 8.90. The Balaban J connectivity index is 1.56. The maximum atomic E-state index is 12.1. The Morgan fingerprint density at radius 2 is 1.84 bits per heavy atom. The van der Waals surface area contributed by atoms with Gasteiger partial charge in [0.1, 0.15) is 5.60 Å². The van der Waals surface area contributed by atoms with Gasteiger partial charge in [0.25, 0.3) is 0 Å². The predicted molar refractivity (Wildman–Crippen MR) is 101 cm³/mol. The lowest BCUT2D eigenvalue weighted by molar-refractivity contribution is 0.0511. The number of nitrogens with zero attached hydrogens (tertiary/aromatic N) is 1. The first-order valence-electron chi connectivity index (χ1n) is 10.4. The second-order valence-corrected chi connectivity index (χ2v) is 9.30. The van der Waals surface area contributed by atoms with Crippen LogP contribution in [0.2, 0.25) is 0 Å². The molecule has 2 bridgehead atoms. The van der Waals surface area contributed by atoms with Crippen LogP contribution in [-0.4, -0.2) is 54.9 Å². The number of nitrogens with one attached hydrogen (secondary N) is 2. The minimum atomic E-state index is -0.436. The molecule has 2 heterocycles. The van der Waals surface area contributed by atoms with Crippen LogP contribution in [0.15, 0.2) is 0 Å². The van der Waals surface area contributed by atoms with Crippen molar-refractivity contribution in [2.24, 2.45) is 11.8 Å². The van der Waals surface area contributed by atoms with Gasteiger partial charge in [-0.2, -0.15) is 0 Å². The van der Waals surface area contributed by atoms with Gasteiger partial charge in [-0.05, 0) is 71.4 Å². The standard InChI is InChI=1S/C20H37N3O2/c1-20(2,3)25-19(24)21-13-18(15-7-5-4-6-8-15)22-17-10-12-23-11-9-16(17)14-23/h15-18,22H,4-14H2,1-3H3,(H,21,24). The molecule has 0 spiro atoms. The van der Waals surface area contributed by atoms with Gasteiger partial charge >= 0.3 is 6.09 Å². The summed E-state index contributed by atoms with van der Waals surface area (Å²) in [5, 5.41) is 7.01. The third-order valence-electron chi connectivity index (χ3n) is 6.15. The molecule has 1 amide bonds. The molecular formula is C20H37N3O2.